The van der Waals surface area contributed by atoms with E-state index >= 15 is 0 Å². The van der Waals surface area contributed by atoms with E-state index in [1.807, 2.05) is 61.5 Å². The van der Waals surface area contributed by atoms with Crippen LogP contribution in [0.2, 0.25) is 0 Å². The Balaban J connectivity index is 1.52. The van der Waals surface area contributed by atoms with Crippen LogP contribution in [0.5, 0.6) is 5.75 Å². The Labute approximate surface area is 218 Å². The summed E-state index contributed by atoms with van der Waals surface area (Å²) in [5.41, 5.74) is 3.75. The zero-order valence-electron chi connectivity index (χ0n) is 21.9. The molecular weight excluding hydrogens is 466 g/mol. The highest BCUT2D eigenvalue weighted by Crippen LogP contribution is 2.49. The Morgan fingerprint density at radius 1 is 1.08 bits per heavy atom. The number of ketones is 1. The molecule has 2 aliphatic heterocycles. The normalized spacial score (nSPS) is 24.9. The minimum Gasteiger partial charge on any atom is -0.489 e. The van der Waals surface area contributed by atoms with E-state index in [1.54, 1.807) is 0 Å². The highest BCUT2D eigenvalue weighted by atomic mass is 16.6. The van der Waals surface area contributed by atoms with E-state index in [0.29, 0.717) is 43.1 Å². The second-order valence-electron chi connectivity index (χ2n) is 11.1. The number of nitrogens with zero attached hydrogens (tertiary/aromatic N) is 1. The summed E-state index contributed by atoms with van der Waals surface area (Å²) in [6.45, 7) is 7.35. The summed E-state index contributed by atoms with van der Waals surface area (Å²) in [6.07, 6.45) is 2.89. The van der Waals surface area contributed by atoms with Crippen LogP contribution in [0, 0.1) is 11.3 Å². The van der Waals surface area contributed by atoms with Crippen molar-refractivity contribution in [1.29, 1.82) is 0 Å². The molecule has 1 aliphatic carbocycles. The monoisotopic (exact) mass is 501 g/mol. The minimum absolute atomic E-state index is 0.0438. The van der Waals surface area contributed by atoms with Gasteiger partial charge >= 0.3 is 5.97 Å². The number of carbonyl (C=O) groups is 2. The maximum atomic E-state index is 13.6. The lowest BCUT2D eigenvalue weighted by molar-refractivity contribution is -0.149. The fraction of sp³-hybridized carbons (Fsp3) is 0.452. The molecule has 6 heteroatoms. The molecule has 0 amide bonds. The van der Waals surface area contributed by atoms with Crippen LogP contribution in [0.15, 0.2) is 70.9 Å². The number of esters is 1. The average Bonchev–Trinajstić information content (AvgIpc) is 3.39. The van der Waals surface area contributed by atoms with Gasteiger partial charge in [-0.25, -0.2) is 0 Å². The van der Waals surface area contributed by atoms with Gasteiger partial charge in [0, 0.05) is 41.5 Å². The summed E-state index contributed by atoms with van der Waals surface area (Å²) in [7, 11) is 0. The molecule has 0 N–H and O–H groups in total. The first kappa shape index (κ1) is 25.4. The number of hydrogen-bond donors (Lipinski definition) is 0. The summed E-state index contributed by atoms with van der Waals surface area (Å²) in [6, 6.07) is 17.7. The smallest absolute Gasteiger partial charge is 0.315 e. The topological polar surface area (TPSA) is 74.2 Å². The summed E-state index contributed by atoms with van der Waals surface area (Å²) in [5, 5.41) is 0. The van der Waals surface area contributed by atoms with Crippen molar-refractivity contribution in [3.8, 4) is 5.75 Å². The predicted molar refractivity (Wildman–Crippen MR) is 142 cm³/mol. The number of Topliss-reactive ketones (excluding diaryl/α,β-unsaturated/α-hetero) is 1. The average molecular weight is 502 g/mol. The van der Waals surface area contributed by atoms with Crippen molar-refractivity contribution >= 4 is 17.5 Å². The van der Waals surface area contributed by atoms with Crippen LogP contribution in [-0.4, -0.2) is 36.8 Å². The van der Waals surface area contributed by atoms with Crippen LogP contribution < -0.4 is 4.74 Å². The summed E-state index contributed by atoms with van der Waals surface area (Å²) in [5.74, 6) is -0.884. The molecular formula is C31H35NO5. The molecule has 194 valence electrons. The van der Waals surface area contributed by atoms with E-state index < -0.39 is 11.8 Å². The quantitative estimate of drug-likeness (QED) is 0.448. The van der Waals surface area contributed by atoms with E-state index in [0.717, 1.165) is 29.7 Å². The Bertz CT molecular complexity index is 1220. The van der Waals surface area contributed by atoms with Gasteiger partial charge in [0.25, 0.3) is 0 Å². The van der Waals surface area contributed by atoms with Crippen LogP contribution in [0.3, 0.4) is 0 Å². The predicted octanol–water partition coefficient (Wildman–Crippen LogP) is 5.81. The van der Waals surface area contributed by atoms with Crippen LogP contribution in [0.1, 0.15) is 63.5 Å². The largest absolute Gasteiger partial charge is 0.489 e. The third-order valence-electron chi connectivity index (χ3n) is 7.48. The van der Waals surface area contributed by atoms with Crippen molar-refractivity contribution in [2.45, 2.75) is 65.1 Å². The van der Waals surface area contributed by atoms with E-state index in [-0.39, 0.29) is 29.9 Å². The lowest BCUT2D eigenvalue weighted by Gasteiger charge is -2.39. The van der Waals surface area contributed by atoms with Gasteiger partial charge in [0.2, 0.25) is 0 Å². The van der Waals surface area contributed by atoms with Crippen LogP contribution in [0.25, 0.3) is 0 Å². The number of allylic oxidation sites excluding steroid dienone is 2. The zero-order valence-corrected chi connectivity index (χ0v) is 21.9. The van der Waals surface area contributed by atoms with E-state index in [9.17, 15) is 9.59 Å². The highest BCUT2D eigenvalue weighted by molar-refractivity contribution is 6.09. The molecule has 5 rings (SSSR count). The summed E-state index contributed by atoms with van der Waals surface area (Å²) >= 11 is 0. The van der Waals surface area contributed by atoms with Gasteiger partial charge in [-0.3, -0.25) is 14.6 Å². The first-order valence-corrected chi connectivity index (χ1v) is 13.2. The number of benzene rings is 2. The molecule has 2 aromatic carbocycles. The molecule has 3 aliphatic rings. The first-order chi connectivity index (χ1) is 17.8. The molecule has 3 atom stereocenters. The Morgan fingerprint density at radius 2 is 1.84 bits per heavy atom. The maximum Gasteiger partial charge on any atom is 0.315 e. The Morgan fingerprint density at radius 3 is 2.59 bits per heavy atom. The lowest BCUT2D eigenvalue weighted by atomic mass is 9.66. The van der Waals surface area contributed by atoms with Gasteiger partial charge < -0.3 is 14.2 Å². The second kappa shape index (κ2) is 10.6. The molecule has 2 heterocycles. The van der Waals surface area contributed by atoms with Crippen LogP contribution in [-0.2, 0) is 25.7 Å². The van der Waals surface area contributed by atoms with Crippen LogP contribution in [0.4, 0.5) is 0 Å². The standard InChI is InChI=1S/C31H35NO5/c1-20-27(30(34)37-19-22-12-9-15-35-22)28(29-24(32-20)16-31(2,3)17-25(29)33)23-13-7-8-14-26(23)36-18-21-10-5-4-6-11-21/h4-8,10-11,13-14,22,27-28H,9,12,15-19H2,1-3H3/t22-,27?,28+/m1/s1. The molecule has 1 fully saturated rings. The number of aliphatic imine (C=N–C) groups is 1. The highest BCUT2D eigenvalue weighted by Gasteiger charge is 2.47. The molecule has 2 aromatic rings. The summed E-state index contributed by atoms with van der Waals surface area (Å²) in [4.78, 5) is 32.1. The van der Waals surface area contributed by atoms with Crippen LogP contribution >= 0.6 is 0 Å². The molecule has 1 unspecified atom stereocenters. The molecule has 0 saturated carbocycles. The fourth-order valence-corrected chi connectivity index (χ4v) is 5.73. The van der Waals surface area contributed by atoms with Gasteiger partial charge in [-0.05, 0) is 43.2 Å². The van der Waals surface area contributed by atoms with Gasteiger partial charge in [-0.1, -0.05) is 62.4 Å². The molecule has 0 bridgehead atoms. The van der Waals surface area contributed by atoms with E-state index in [2.05, 4.69) is 13.8 Å². The van der Waals surface area contributed by atoms with Gasteiger partial charge in [0.1, 0.15) is 24.9 Å². The van der Waals surface area contributed by atoms with Crippen molar-refractivity contribution in [2.24, 2.45) is 16.3 Å². The number of hydrogen-bond acceptors (Lipinski definition) is 6. The Kier molecular flexibility index (Phi) is 7.29. The van der Waals surface area contributed by atoms with Crippen molar-refractivity contribution in [1.82, 2.24) is 0 Å². The molecule has 0 radical (unpaired) electrons. The zero-order chi connectivity index (χ0) is 26.0. The third kappa shape index (κ3) is 5.54. The molecule has 6 nitrogen and oxygen atoms in total. The molecule has 37 heavy (non-hydrogen) atoms. The van der Waals surface area contributed by atoms with E-state index in [4.69, 9.17) is 19.2 Å². The van der Waals surface area contributed by atoms with Gasteiger partial charge in [0.05, 0.1) is 6.10 Å². The van der Waals surface area contributed by atoms with Crippen molar-refractivity contribution in [2.75, 3.05) is 13.2 Å². The van der Waals surface area contributed by atoms with E-state index in [1.165, 1.54) is 0 Å². The molecule has 1 saturated heterocycles. The number of rotatable bonds is 7. The number of carbonyl (C=O) groups excluding carboxylic acids is 2. The molecule has 0 spiro atoms. The van der Waals surface area contributed by atoms with Crippen molar-refractivity contribution in [3.05, 3.63) is 77.0 Å². The number of para-hydroxylation sites is 1. The molecule has 0 aromatic heterocycles. The minimum atomic E-state index is -0.702. The number of ether oxygens (including phenoxy) is 3. The third-order valence-corrected chi connectivity index (χ3v) is 7.48. The van der Waals surface area contributed by atoms with Gasteiger partial charge in [0.15, 0.2) is 5.78 Å². The second-order valence-corrected chi connectivity index (χ2v) is 11.1. The fourth-order valence-electron chi connectivity index (χ4n) is 5.73. The van der Waals surface area contributed by atoms with Crippen molar-refractivity contribution in [3.63, 3.8) is 0 Å². The Hall–Kier alpha value is -3.25. The van der Waals surface area contributed by atoms with Gasteiger partial charge in [-0.15, -0.1) is 0 Å². The van der Waals surface area contributed by atoms with Crippen molar-refractivity contribution < 1.29 is 23.8 Å². The first-order valence-electron chi connectivity index (χ1n) is 13.2. The SMILES string of the molecule is CC1=NC2=C(C(=O)CC(C)(C)C2)[C@@H](c2ccccc2OCc2ccccc2)C1C(=O)OC[C@H]1CCCO1. The lowest BCUT2D eigenvalue weighted by Crippen LogP contribution is -2.40. The summed E-state index contributed by atoms with van der Waals surface area (Å²) < 4.78 is 17.7. The van der Waals surface area contributed by atoms with Gasteiger partial charge in [-0.2, -0.15) is 0 Å². The maximum absolute atomic E-state index is 13.6.